The van der Waals surface area contributed by atoms with Crippen LogP contribution in [0.1, 0.15) is 24.9 Å². The standard InChI is InChI=1S/C16H25F2N3/c1-12-11-20(3)9-10-21(12)8-7-15(19-2)13-5-4-6-14(17)16(13)18/h4-6,12,15,19H,7-11H2,1-3H3. The summed E-state index contributed by atoms with van der Waals surface area (Å²) in [5, 5.41) is 3.11. The van der Waals surface area contributed by atoms with E-state index in [4.69, 9.17) is 0 Å². The molecule has 0 aromatic heterocycles. The molecule has 0 aliphatic carbocycles. The predicted octanol–water partition coefficient (Wildman–Crippen LogP) is 2.25. The Bertz CT molecular complexity index is 467. The summed E-state index contributed by atoms with van der Waals surface area (Å²) in [7, 11) is 3.93. The van der Waals surface area contributed by atoms with E-state index in [0.717, 1.165) is 38.7 Å². The molecule has 0 saturated carbocycles. The van der Waals surface area contributed by atoms with Gasteiger partial charge in [0.25, 0.3) is 0 Å². The fraction of sp³-hybridized carbons (Fsp3) is 0.625. The van der Waals surface area contributed by atoms with Crippen molar-refractivity contribution in [2.75, 3.05) is 40.3 Å². The summed E-state index contributed by atoms with van der Waals surface area (Å²) in [6, 6.07) is 4.73. The number of hydrogen-bond acceptors (Lipinski definition) is 3. The predicted molar refractivity (Wildman–Crippen MR) is 81.3 cm³/mol. The highest BCUT2D eigenvalue weighted by molar-refractivity contribution is 5.22. The van der Waals surface area contributed by atoms with Crippen molar-refractivity contribution in [1.29, 1.82) is 0 Å². The fourth-order valence-electron chi connectivity index (χ4n) is 3.05. The van der Waals surface area contributed by atoms with Gasteiger partial charge in [0.1, 0.15) is 0 Å². The molecule has 2 unspecified atom stereocenters. The first-order valence-electron chi connectivity index (χ1n) is 7.56. The van der Waals surface area contributed by atoms with Gasteiger partial charge < -0.3 is 10.2 Å². The molecule has 2 atom stereocenters. The van der Waals surface area contributed by atoms with Gasteiger partial charge in [-0.25, -0.2) is 8.78 Å². The monoisotopic (exact) mass is 297 g/mol. The normalized spacial score (nSPS) is 22.4. The zero-order chi connectivity index (χ0) is 15.4. The van der Waals surface area contributed by atoms with Gasteiger partial charge in [-0.15, -0.1) is 0 Å². The van der Waals surface area contributed by atoms with Crippen molar-refractivity contribution >= 4 is 0 Å². The Hall–Kier alpha value is -1.04. The molecule has 21 heavy (non-hydrogen) atoms. The number of halogens is 2. The van der Waals surface area contributed by atoms with E-state index in [1.54, 1.807) is 19.2 Å². The maximum atomic E-state index is 13.9. The molecule has 1 fully saturated rings. The number of piperazine rings is 1. The third-order valence-electron chi connectivity index (χ3n) is 4.38. The number of benzene rings is 1. The molecule has 5 heteroatoms. The van der Waals surface area contributed by atoms with E-state index in [9.17, 15) is 8.78 Å². The molecule has 1 N–H and O–H groups in total. The second-order valence-electron chi connectivity index (χ2n) is 5.92. The van der Waals surface area contributed by atoms with E-state index >= 15 is 0 Å². The highest BCUT2D eigenvalue weighted by Gasteiger charge is 2.23. The first-order valence-corrected chi connectivity index (χ1v) is 7.56. The van der Waals surface area contributed by atoms with Gasteiger partial charge in [-0.2, -0.15) is 0 Å². The van der Waals surface area contributed by atoms with Gasteiger partial charge in [0.15, 0.2) is 11.6 Å². The van der Waals surface area contributed by atoms with Crippen LogP contribution < -0.4 is 5.32 Å². The summed E-state index contributed by atoms with van der Waals surface area (Å²) in [5.74, 6) is -1.51. The van der Waals surface area contributed by atoms with Crippen LogP contribution in [-0.2, 0) is 0 Å². The molecular weight excluding hydrogens is 272 g/mol. The van der Waals surface area contributed by atoms with Crippen LogP contribution in [0.3, 0.4) is 0 Å². The van der Waals surface area contributed by atoms with Crippen molar-refractivity contribution in [3.63, 3.8) is 0 Å². The minimum Gasteiger partial charge on any atom is -0.313 e. The lowest BCUT2D eigenvalue weighted by Gasteiger charge is -2.38. The highest BCUT2D eigenvalue weighted by atomic mass is 19.2. The van der Waals surface area contributed by atoms with Crippen LogP contribution >= 0.6 is 0 Å². The summed E-state index contributed by atoms with van der Waals surface area (Å²) in [6.45, 7) is 6.24. The van der Waals surface area contributed by atoms with Crippen LogP contribution in [0.4, 0.5) is 8.78 Å². The molecule has 2 rings (SSSR count). The molecule has 0 amide bonds. The Labute approximate surface area is 125 Å². The Morgan fingerprint density at radius 2 is 2.10 bits per heavy atom. The lowest BCUT2D eigenvalue weighted by molar-refractivity contribution is 0.0962. The molecule has 3 nitrogen and oxygen atoms in total. The average molecular weight is 297 g/mol. The average Bonchev–Trinajstić information content (AvgIpc) is 2.45. The summed E-state index contributed by atoms with van der Waals surface area (Å²) in [5.41, 5.74) is 0.416. The second-order valence-corrected chi connectivity index (χ2v) is 5.92. The molecule has 1 aliphatic rings. The topological polar surface area (TPSA) is 18.5 Å². The Balaban J connectivity index is 1.98. The third-order valence-corrected chi connectivity index (χ3v) is 4.38. The van der Waals surface area contributed by atoms with Gasteiger partial charge in [0.2, 0.25) is 0 Å². The summed E-state index contributed by atoms with van der Waals surface area (Å²) in [6.07, 6.45) is 0.769. The zero-order valence-corrected chi connectivity index (χ0v) is 13.1. The van der Waals surface area contributed by atoms with Crippen molar-refractivity contribution < 1.29 is 8.78 Å². The quantitative estimate of drug-likeness (QED) is 0.899. The van der Waals surface area contributed by atoms with E-state index in [0.29, 0.717) is 11.6 Å². The van der Waals surface area contributed by atoms with Crippen molar-refractivity contribution in [2.24, 2.45) is 0 Å². The van der Waals surface area contributed by atoms with Crippen LogP contribution in [0.5, 0.6) is 0 Å². The van der Waals surface area contributed by atoms with Crippen LogP contribution in [-0.4, -0.2) is 56.1 Å². The Morgan fingerprint density at radius 3 is 2.76 bits per heavy atom. The largest absolute Gasteiger partial charge is 0.313 e. The number of nitrogens with one attached hydrogen (secondary N) is 1. The minimum absolute atomic E-state index is 0.160. The fourth-order valence-corrected chi connectivity index (χ4v) is 3.05. The van der Waals surface area contributed by atoms with Crippen molar-refractivity contribution in [1.82, 2.24) is 15.1 Å². The summed E-state index contributed by atoms with van der Waals surface area (Å²) >= 11 is 0. The van der Waals surface area contributed by atoms with E-state index in [2.05, 4.69) is 29.1 Å². The number of rotatable bonds is 5. The first kappa shape index (κ1) is 16.3. The molecular formula is C16H25F2N3. The van der Waals surface area contributed by atoms with Crippen LogP contribution in [0, 0.1) is 11.6 Å². The molecule has 1 heterocycles. The van der Waals surface area contributed by atoms with Crippen LogP contribution in [0.2, 0.25) is 0 Å². The molecule has 118 valence electrons. The molecule has 0 spiro atoms. The molecule has 0 bridgehead atoms. The van der Waals surface area contributed by atoms with Crippen molar-refractivity contribution in [3.05, 3.63) is 35.4 Å². The summed E-state index contributed by atoms with van der Waals surface area (Å²) < 4.78 is 27.3. The highest BCUT2D eigenvalue weighted by Crippen LogP contribution is 2.22. The Morgan fingerprint density at radius 1 is 1.33 bits per heavy atom. The van der Waals surface area contributed by atoms with E-state index in [-0.39, 0.29) is 6.04 Å². The van der Waals surface area contributed by atoms with Crippen molar-refractivity contribution in [2.45, 2.75) is 25.4 Å². The second kappa shape index (κ2) is 7.29. The first-order chi connectivity index (χ1) is 10.0. The van der Waals surface area contributed by atoms with Crippen LogP contribution in [0.25, 0.3) is 0 Å². The van der Waals surface area contributed by atoms with Crippen LogP contribution in [0.15, 0.2) is 18.2 Å². The summed E-state index contributed by atoms with van der Waals surface area (Å²) in [4.78, 5) is 4.74. The van der Waals surface area contributed by atoms with Gasteiger partial charge in [0.05, 0.1) is 0 Å². The third kappa shape index (κ3) is 3.99. The zero-order valence-electron chi connectivity index (χ0n) is 13.1. The molecule has 1 saturated heterocycles. The number of nitrogens with zero attached hydrogens (tertiary/aromatic N) is 2. The molecule has 0 radical (unpaired) electrons. The van der Waals surface area contributed by atoms with Gasteiger partial charge in [-0.05, 0) is 33.5 Å². The van der Waals surface area contributed by atoms with Gasteiger partial charge in [0, 0.05) is 43.8 Å². The molecule has 1 aromatic rings. The lowest BCUT2D eigenvalue weighted by Crippen LogP contribution is -2.50. The SMILES string of the molecule is CNC(CCN1CCN(C)CC1C)c1cccc(F)c1F. The maximum Gasteiger partial charge on any atom is 0.163 e. The molecule has 1 aromatic carbocycles. The van der Waals surface area contributed by atoms with Gasteiger partial charge >= 0.3 is 0 Å². The lowest BCUT2D eigenvalue weighted by atomic mass is 10.0. The Kier molecular flexibility index (Phi) is 5.67. The number of hydrogen-bond donors (Lipinski definition) is 1. The number of likely N-dealkylation sites (N-methyl/N-ethyl adjacent to an activating group) is 1. The van der Waals surface area contributed by atoms with E-state index in [1.165, 1.54) is 0 Å². The van der Waals surface area contributed by atoms with Crippen molar-refractivity contribution in [3.8, 4) is 0 Å². The van der Waals surface area contributed by atoms with Gasteiger partial charge in [-0.3, -0.25) is 4.90 Å². The maximum absolute atomic E-state index is 13.9. The smallest absolute Gasteiger partial charge is 0.163 e. The minimum atomic E-state index is -0.777. The van der Waals surface area contributed by atoms with E-state index in [1.807, 2.05) is 0 Å². The molecule has 1 aliphatic heterocycles. The van der Waals surface area contributed by atoms with E-state index < -0.39 is 11.6 Å². The van der Waals surface area contributed by atoms with Gasteiger partial charge in [-0.1, -0.05) is 12.1 Å².